The molecule has 0 aliphatic carbocycles. The van der Waals surface area contributed by atoms with Gasteiger partial charge in [0.25, 0.3) is 0 Å². The third kappa shape index (κ3) is 1.83. The van der Waals surface area contributed by atoms with Crippen molar-refractivity contribution in [2.45, 2.75) is 0 Å². The van der Waals surface area contributed by atoms with Gasteiger partial charge in [0.2, 0.25) is 5.75 Å². The second-order valence-corrected chi connectivity index (χ2v) is 4.10. The van der Waals surface area contributed by atoms with E-state index in [0.29, 0.717) is 8.95 Å². The van der Waals surface area contributed by atoms with Crippen LogP contribution in [0.15, 0.2) is 15.0 Å². The van der Waals surface area contributed by atoms with Crippen LogP contribution in [0.1, 0.15) is 0 Å². The second-order valence-electron chi connectivity index (χ2n) is 2.39. The quantitative estimate of drug-likeness (QED) is 0.515. The van der Waals surface area contributed by atoms with E-state index in [0.717, 1.165) is 0 Å². The third-order valence-corrected chi connectivity index (χ3v) is 2.83. The van der Waals surface area contributed by atoms with Gasteiger partial charge in [-0.25, -0.2) is 0 Å². The maximum absolute atomic E-state index is 10.7. The van der Waals surface area contributed by atoms with Crippen LogP contribution in [0.25, 0.3) is 0 Å². The zero-order valence-corrected chi connectivity index (χ0v) is 10.3. The first-order valence-electron chi connectivity index (χ1n) is 3.45. The van der Waals surface area contributed by atoms with E-state index in [2.05, 4.69) is 31.9 Å². The Morgan fingerprint density at radius 1 is 1.50 bits per heavy atom. The molecule has 0 atom stereocenters. The Labute approximate surface area is 96.6 Å². The van der Waals surface area contributed by atoms with Crippen LogP contribution in [-0.2, 0) is 0 Å². The molecule has 0 saturated heterocycles. The van der Waals surface area contributed by atoms with Crippen LogP contribution >= 0.6 is 31.9 Å². The molecule has 5 nitrogen and oxygen atoms in total. The zero-order valence-electron chi connectivity index (χ0n) is 7.08. The highest BCUT2D eigenvalue weighted by Gasteiger charge is 2.24. The summed E-state index contributed by atoms with van der Waals surface area (Å²) in [7, 11) is 1.35. The van der Waals surface area contributed by atoms with E-state index in [1.165, 1.54) is 7.11 Å². The van der Waals surface area contributed by atoms with Gasteiger partial charge >= 0.3 is 5.69 Å². The molecule has 0 unspecified atom stereocenters. The number of halogens is 2. The first-order valence-corrected chi connectivity index (χ1v) is 5.03. The normalized spacial score (nSPS) is 9.93. The summed E-state index contributed by atoms with van der Waals surface area (Å²) in [6.07, 6.45) is 0. The van der Waals surface area contributed by atoms with Crippen molar-refractivity contribution in [2.75, 3.05) is 12.8 Å². The summed E-state index contributed by atoms with van der Waals surface area (Å²) in [5.74, 6) is 0.121. The zero-order chi connectivity index (χ0) is 10.9. The first-order chi connectivity index (χ1) is 6.49. The molecular formula is C7H6Br2N2O3. The van der Waals surface area contributed by atoms with Crippen LogP contribution in [0.4, 0.5) is 11.4 Å². The molecule has 1 aromatic rings. The van der Waals surface area contributed by atoms with E-state index < -0.39 is 4.92 Å². The molecule has 0 bridgehead atoms. The molecule has 2 N–H and O–H groups in total. The Kier molecular flexibility index (Phi) is 3.33. The van der Waals surface area contributed by atoms with Gasteiger partial charge in [-0.3, -0.25) is 10.1 Å². The van der Waals surface area contributed by atoms with Gasteiger partial charge in [-0.15, -0.1) is 0 Å². The van der Waals surface area contributed by atoms with Gasteiger partial charge in [0.15, 0.2) is 0 Å². The number of benzene rings is 1. The average molecular weight is 326 g/mol. The predicted octanol–water partition coefficient (Wildman–Crippen LogP) is 2.71. The Hall–Kier alpha value is -0.820. The van der Waals surface area contributed by atoms with Crippen LogP contribution in [0, 0.1) is 10.1 Å². The molecule has 0 aliphatic heterocycles. The standard InChI is InChI=1S/C7H6Br2N2O3/c1-14-7-4(9)2-3(8)5(10)6(7)11(12)13/h2H,10H2,1H3. The predicted molar refractivity (Wildman–Crippen MR) is 59.5 cm³/mol. The molecular weight excluding hydrogens is 320 g/mol. The van der Waals surface area contributed by atoms with E-state index >= 15 is 0 Å². The van der Waals surface area contributed by atoms with Crippen LogP contribution < -0.4 is 10.5 Å². The Bertz CT molecular complexity index is 395. The van der Waals surface area contributed by atoms with Gasteiger partial charge in [-0.05, 0) is 37.9 Å². The largest absolute Gasteiger partial charge is 0.489 e. The summed E-state index contributed by atoms with van der Waals surface area (Å²) < 4.78 is 5.82. The number of hydrogen-bond donors (Lipinski definition) is 1. The molecule has 7 heteroatoms. The molecule has 0 aliphatic rings. The van der Waals surface area contributed by atoms with Crippen LogP contribution in [-0.4, -0.2) is 12.0 Å². The lowest BCUT2D eigenvalue weighted by Gasteiger charge is -2.07. The first kappa shape index (κ1) is 11.3. The topological polar surface area (TPSA) is 78.4 Å². The minimum absolute atomic E-state index is 0.0510. The fourth-order valence-corrected chi connectivity index (χ4v) is 2.28. The summed E-state index contributed by atoms with van der Waals surface area (Å²) in [4.78, 5) is 10.1. The molecule has 1 rings (SSSR count). The number of nitrogens with zero attached hydrogens (tertiary/aromatic N) is 1. The number of hydrogen-bond acceptors (Lipinski definition) is 4. The fourth-order valence-electron chi connectivity index (χ4n) is 0.979. The van der Waals surface area contributed by atoms with E-state index in [1.807, 2.05) is 0 Å². The van der Waals surface area contributed by atoms with Gasteiger partial charge in [0.1, 0.15) is 5.69 Å². The molecule has 0 spiro atoms. The minimum atomic E-state index is -0.580. The number of anilines is 1. The smallest absolute Gasteiger partial charge is 0.335 e. The molecule has 0 amide bonds. The third-order valence-electron chi connectivity index (χ3n) is 1.58. The lowest BCUT2D eigenvalue weighted by molar-refractivity contribution is -0.384. The SMILES string of the molecule is COc1c(Br)cc(Br)c(N)c1[N+](=O)[O-]. The van der Waals surface area contributed by atoms with Crippen LogP contribution in [0.3, 0.4) is 0 Å². The lowest BCUT2D eigenvalue weighted by Crippen LogP contribution is -2.00. The summed E-state index contributed by atoms with van der Waals surface area (Å²) in [6.45, 7) is 0. The molecule has 0 saturated carbocycles. The number of rotatable bonds is 2. The van der Waals surface area contributed by atoms with E-state index in [9.17, 15) is 10.1 Å². The highest BCUT2D eigenvalue weighted by Crippen LogP contribution is 2.43. The fraction of sp³-hybridized carbons (Fsp3) is 0.143. The Morgan fingerprint density at radius 3 is 2.50 bits per heavy atom. The van der Waals surface area contributed by atoms with Crippen molar-refractivity contribution in [2.24, 2.45) is 0 Å². The number of nitro groups is 1. The number of nitrogen functional groups attached to an aromatic ring is 1. The average Bonchev–Trinajstić information content (AvgIpc) is 2.10. The van der Waals surface area contributed by atoms with Crippen molar-refractivity contribution < 1.29 is 9.66 Å². The number of methoxy groups -OCH3 is 1. The summed E-state index contributed by atoms with van der Waals surface area (Å²) in [6, 6.07) is 1.60. The maximum Gasteiger partial charge on any atom is 0.335 e. The Morgan fingerprint density at radius 2 is 2.07 bits per heavy atom. The minimum Gasteiger partial charge on any atom is -0.489 e. The van der Waals surface area contributed by atoms with Crippen molar-refractivity contribution >= 4 is 43.2 Å². The lowest BCUT2D eigenvalue weighted by atomic mass is 10.2. The second kappa shape index (κ2) is 4.14. The molecule has 0 aromatic heterocycles. The molecule has 0 radical (unpaired) electrons. The van der Waals surface area contributed by atoms with Gasteiger partial charge in [-0.2, -0.15) is 0 Å². The van der Waals surface area contributed by atoms with Crippen molar-refractivity contribution in [3.63, 3.8) is 0 Å². The van der Waals surface area contributed by atoms with Gasteiger partial charge in [0.05, 0.1) is 16.5 Å². The monoisotopic (exact) mass is 324 g/mol. The summed E-state index contributed by atoms with van der Waals surface area (Å²) in [5, 5.41) is 10.7. The van der Waals surface area contributed by atoms with Crippen LogP contribution in [0.5, 0.6) is 5.75 Å². The number of ether oxygens (including phenoxy) is 1. The molecule has 14 heavy (non-hydrogen) atoms. The van der Waals surface area contributed by atoms with Crippen molar-refractivity contribution in [1.29, 1.82) is 0 Å². The summed E-state index contributed by atoms with van der Waals surface area (Å²) in [5.41, 5.74) is 5.35. The van der Waals surface area contributed by atoms with E-state index in [1.54, 1.807) is 6.07 Å². The highest BCUT2D eigenvalue weighted by atomic mass is 79.9. The van der Waals surface area contributed by atoms with Crippen LogP contribution in [0.2, 0.25) is 0 Å². The van der Waals surface area contributed by atoms with Gasteiger partial charge in [-0.1, -0.05) is 0 Å². The Balaban J connectivity index is 3.56. The highest BCUT2D eigenvalue weighted by molar-refractivity contribution is 9.11. The maximum atomic E-state index is 10.7. The summed E-state index contributed by atoms with van der Waals surface area (Å²) >= 11 is 6.26. The number of nitro benzene ring substituents is 1. The van der Waals surface area contributed by atoms with Crippen molar-refractivity contribution in [3.8, 4) is 5.75 Å². The van der Waals surface area contributed by atoms with Crippen molar-refractivity contribution in [1.82, 2.24) is 0 Å². The molecule has 0 fully saturated rings. The van der Waals surface area contributed by atoms with E-state index in [4.69, 9.17) is 10.5 Å². The van der Waals surface area contributed by atoms with Gasteiger partial charge in [0, 0.05) is 4.47 Å². The molecule has 76 valence electrons. The van der Waals surface area contributed by atoms with Gasteiger partial charge < -0.3 is 10.5 Å². The molecule has 0 heterocycles. The van der Waals surface area contributed by atoms with Crippen molar-refractivity contribution in [3.05, 3.63) is 25.1 Å². The number of nitrogens with two attached hydrogens (primary N) is 1. The van der Waals surface area contributed by atoms with E-state index in [-0.39, 0.29) is 17.1 Å². The molecule has 1 aromatic carbocycles.